The molecule has 0 aromatic heterocycles. The summed E-state index contributed by atoms with van der Waals surface area (Å²) >= 11 is 1.59. The minimum Gasteiger partial charge on any atom is -0.425 e. The van der Waals surface area contributed by atoms with E-state index in [1.165, 1.54) is 0 Å². The lowest BCUT2D eigenvalue weighted by molar-refractivity contribution is -0.140. The summed E-state index contributed by atoms with van der Waals surface area (Å²) in [5.74, 6) is 0.484. The zero-order chi connectivity index (χ0) is 20.2. The molecule has 154 valence electrons. The molecule has 2 atom stereocenters. The van der Waals surface area contributed by atoms with Crippen LogP contribution in [0.15, 0.2) is 24.3 Å². The molecule has 0 fully saturated rings. The lowest BCUT2D eigenvalue weighted by Crippen LogP contribution is -2.51. The van der Waals surface area contributed by atoms with Crippen molar-refractivity contribution in [1.29, 1.82) is 0 Å². The van der Waals surface area contributed by atoms with Gasteiger partial charge in [0.2, 0.25) is 12.3 Å². The predicted octanol–water partition coefficient (Wildman–Crippen LogP) is 3.05. The number of carbonyl (C=O) groups excluding carboxylic acids is 3. The van der Waals surface area contributed by atoms with Gasteiger partial charge in [-0.25, -0.2) is 4.79 Å². The normalized spacial score (nSPS) is 12.9. The van der Waals surface area contributed by atoms with Gasteiger partial charge in [-0.15, -0.1) is 0 Å². The van der Waals surface area contributed by atoms with Gasteiger partial charge in [-0.3, -0.25) is 9.59 Å². The Balaban J connectivity index is 0. The molecule has 1 aromatic rings. The third-order valence-electron chi connectivity index (χ3n) is 4.05. The lowest BCUT2D eigenvalue weighted by atomic mass is 10.0. The zero-order valence-electron chi connectivity index (χ0n) is 16.5. The van der Waals surface area contributed by atoms with Crippen molar-refractivity contribution in [2.75, 3.05) is 12.0 Å². The molecule has 0 bridgehead atoms. The molecule has 7 heteroatoms. The Morgan fingerprint density at radius 1 is 1.22 bits per heavy atom. The molecule has 1 rings (SSSR count). The third-order valence-corrected chi connectivity index (χ3v) is 4.70. The van der Waals surface area contributed by atoms with E-state index in [-0.39, 0.29) is 14.7 Å². The maximum Gasteiger partial charge on any atom is 0.334 e. The largest absolute Gasteiger partial charge is 0.425 e. The van der Waals surface area contributed by atoms with Gasteiger partial charge in [0.05, 0.1) is 0 Å². The summed E-state index contributed by atoms with van der Waals surface area (Å²) in [7, 11) is 0. The molecule has 0 saturated carbocycles. The Bertz CT molecular complexity index is 615. The maximum absolute atomic E-state index is 12.6. The molecular weight excluding hydrogens is 364 g/mol. The van der Waals surface area contributed by atoms with Crippen LogP contribution in [0.2, 0.25) is 0 Å². The van der Waals surface area contributed by atoms with Crippen LogP contribution in [0.25, 0.3) is 0 Å². The number of hydrogen-bond donors (Lipinski definition) is 2. The smallest absolute Gasteiger partial charge is 0.334 e. The Labute approximate surface area is 168 Å². The minimum absolute atomic E-state index is 0. The number of amides is 2. The van der Waals surface area contributed by atoms with E-state index < -0.39 is 18.1 Å². The summed E-state index contributed by atoms with van der Waals surface area (Å²) in [4.78, 5) is 35.9. The highest BCUT2D eigenvalue weighted by Crippen LogP contribution is 2.15. The number of esters is 1. The second-order valence-corrected chi connectivity index (χ2v) is 7.71. The van der Waals surface area contributed by atoms with Crippen molar-refractivity contribution >= 4 is 30.0 Å². The predicted molar refractivity (Wildman–Crippen MR) is 113 cm³/mol. The van der Waals surface area contributed by atoms with E-state index in [4.69, 9.17) is 4.74 Å². The fourth-order valence-corrected chi connectivity index (χ4v) is 3.02. The number of benzene rings is 1. The Morgan fingerprint density at radius 2 is 1.89 bits per heavy atom. The molecule has 0 aliphatic heterocycles. The summed E-state index contributed by atoms with van der Waals surface area (Å²) in [6, 6.07) is 5.88. The average molecular weight is 399 g/mol. The summed E-state index contributed by atoms with van der Waals surface area (Å²) in [6.07, 6.45) is 4.29. The Hall–Kier alpha value is -2.02. The summed E-state index contributed by atoms with van der Waals surface area (Å²) in [5, 5.41) is 5.26. The number of aryl methyl sites for hydroxylation is 1. The second kappa shape index (κ2) is 12.4. The van der Waals surface area contributed by atoms with Gasteiger partial charge in [-0.1, -0.05) is 32.9 Å². The van der Waals surface area contributed by atoms with Crippen LogP contribution in [0.5, 0.6) is 5.75 Å². The standard InChI is InChI=1S/C20H30N2O4S.2H2/c1-5-15-6-8-16(9-7-15)26-20(25)18(12-14(2)3)22-19(24)17(21-13-23)10-11-27-4;;/h6-9,13-14,17-18H,5,10-12H2,1-4H3,(H,21,23)(H,22,24);2*1H/t17-,18-;;/m0../s1. The zero-order valence-corrected chi connectivity index (χ0v) is 17.3. The molecule has 0 spiro atoms. The fourth-order valence-electron chi connectivity index (χ4n) is 2.55. The molecule has 1 aromatic carbocycles. The lowest BCUT2D eigenvalue weighted by Gasteiger charge is -2.22. The number of nitrogens with one attached hydrogen (secondary N) is 2. The van der Waals surface area contributed by atoms with Crippen LogP contribution < -0.4 is 15.4 Å². The quantitative estimate of drug-likeness (QED) is 0.321. The van der Waals surface area contributed by atoms with Gasteiger partial charge >= 0.3 is 5.97 Å². The van der Waals surface area contributed by atoms with Crippen LogP contribution in [0, 0.1) is 5.92 Å². The van der Waals surface area contributed by atoms with Crippen LogP contribution in [-0.4, -0.2) is 42.4 Å². The first-order valence-electron chi connectivity index (χ1n) is 9.20. The van der Waals surface area contributed by atoms with Crippen LogP contribution in [0.1, 0.15) is 42.0 Å². The van der Waals surface area contributed by atoms with Crippen LogP contribution in [0.3, 0.4) is 0 Å². The number of hydrogen-bond acceptors (Lipinski definition) is 5. The van der Waals surface area contributed by atoms with E-state index in [1.807, 2.05) is 32.2 Å². The first kappa shape index (κ1) is 23.0. The van der Waals surface area contributed by atoms with E-state index in [0.717, 1.165) is 17.7 Å². The molecule has 2 amide bonds. The van der Waals surface area contributed by atoms with E-state index in [2.05, 4.69) is 17.6 Å². The molecule has 0 aliphatic rings. The van der Waals surface area contributed by atoms with Gasteiger partial charge in [0.15, 0.2) is 0 Å². The number of carbonyl (C=O) groups is 3. The highest BCUT2D eigenvalue weighted by atomic mass is 32.2. The first-order valence-corrected chi connectivity index (χ1v) is 10.6. The average Bonchev–Trinajstić information content (AvgIpc) is 2.64. The van der Waals surface area contributed by atoms with E-state index in [9.17, 15) is 14.4 Å². The van der Waals surface area contributed by atoms with Crippen molar-refractivity contribution < 1.29 is 22.0 Å². The molecule has 0 unspecified atom stereocenters. The first-order chi connectivity index (χ1) is 12.9. The summed E-state index contributed by atoms with van der Waals surface area (Å²) in [6.45, 7) is 5.99. The number of rotatable bonds is 12. The molecule has 6 nitrogen and oxygen atoms in total. The molecule has 0 saturated heterocycles. The Morgan fingerprint density at radius 3 is 2.41 bits per heavy atom. The molecule has 0 radical (unpaired) electrons. The van der Waals surface area contributed by atoms with Gasteiger partial charge in [-0.05, 0) is 54.9 Å². The molecule has 2 N–H and O–H groups in total. The van der Waals surface area contributed by atoms with Crippen LogP contribution in [0.4, 0.5) is 0 Å². The highest BCUT2D eigenvalue weighted by Gasteiger charge is 2.27. The monoisotopic (exact) mass is 398 g/mol. The van der Waals surface area contributed by atoms with E-state index >= 15 is 0 Å². The molecular formula is C20H34N2O4S. The third kappa shape index (κ3) is 8.47. The van der Waals surface area contributed by atoms with E-state index in [1.54, 1.807) is 23.9 Å². The number of thioether (sulfide) groups is 1. The summed E-state index contributed by atoms with van der Waals surface area (Å²) in [5.41, 5.74) is 1.15. The van der Waals surface area contributed by atoms with Crippen LogP contribution in [-0.2, 0) is 20.8 Å². The van der Waals surface area contributed by atoms with Gasteiger partial charge in [0, 0.05) is 2.85 Å². The SMILES string of the molecule is CCc1ccc(OC(=O)[C@H](CC(C)C)NC(=O)[C@H](CCSC)NC=O)cc1.[HH].[HH]. The van der Waals surface area contributed by atoms with Crippen molar-refractivity contribution in [3.05, 3.63) is 29.8 Å². The van der Waals surface area contributed by atoms with Gasteiger partial charge < -0.3 is 15.4 Å². The van der Waals surface area contributed by atoms with Gasteiger partial charge in [0.25, 0.3) is 0 Å². The molecule has 0 aliphatic carbocycles. The van der Waals surface area contributed by atoms with Gasteiger partial charge in [0.1, 0.15) is 17.8 Å². The van der Waals surface area contributed by atoms with Crippen molar-refractivity contribution in [2.24, 2.45) is 5.92 Å². The van der Waals surface area contributed by atoms with Crippen molar-refractivity contribution in [3.63, 3.8) is 0 Å². The van der Waals surface area contributed by atoms with Crippen LogP contribution >= 0.6 is 11.8 Å². The van der Waals surface area contributed by atoms with Crippen molar-refractivity contribution in [3.8, 4) is 5.75 Å². The molecule has 0 heterocycles. The van der Waals surface area contributed by atoms with Crippen molar-refractivity contribution in [2.45, 2.75) is 52.1 Å². The second-order valence-electron chi connectivity index (χ2n) is 6.73. The topological polar surface area (TPSA) is 84.5 Å². The van der Waals surface area contributed by atoms with E-state index in [0.29, 0.717) is 25.0 Å². The Kier molecular flexibility index (Phi) is 10.6. The minimum atomic E-state index is -0.770. The number of ether oxygens (including phenoxy) is 1. The highest BCUT2D eigenvalue weighted by molar-refractivity contribution is 7.98. The maximum atomic E-state index is 12.6. The van der Waals surface area contributed by atoms with Crippen molar-refractivity contribution in [1.82, 2.24) is 10.6 Å². The summed E-state index contributed by atoms with van der Waals surface area (Å²) < 4.78 is 5.45. The fraction of sp³-hybridized carbons (Fsp3) is 0.550. The molecule has 27 heavy (non-hydrogen) atoms. The van der Waals surface area contributed by atoms with Gasteiger partial charge in [-0.2, -0.15) is 11.8 Å².